The number of rotatable bonds is 12. The Morgan fingerprint density at radius 3 is 2.17 bits per heavy atom. The Kier molecular flexibility index (Phi) is 13.1. The second-order valence-electron chi connectivity index (χ2n) is 20.7. The topological polar surface area (TPSA) is 198 Å². The van der Waals surface area contributed by atoms with Gasteiger partial charge in [-0.3, -0.25) is 14.4 Å². The van der Waals surface area contributed by atoms with E-state index in [1.807, 2.05) is 27.7 Å². The predicted molar refractivity (Wildman–Crippen MR) is 214 cm³/mol. The fourth-order valence-electron chi connectivity index (χ4n) is 12.7. The Hall–Kier alpha value is -2.58. The first kappa shape index (κ1) is 46.5. The van der Waals surface area contributed by atoms with Crippen LogP contribution in [0.15, 0.2) is 11.1 Å². The van der Waals surface area contributed by atoms with Gasteiger partial charge in [-0.05, 0) is 101 Å². The summed E-state index contributed by atoms with van der Waals surface area (Å²) in [5, 5.41) is 48.4. The summed E-state index contributed by atoms with van der Waals surface area (Å²) in [4.78, 5) is 51.8. The lowest BCUT2D eigenvalue weighted by atomic mass is 9.42. The van der Waals surface area contributed by atoms with Gasteiger partial charge in [0.05, 0.1) is 43.4 Å². The van der Waals surface area contributed by atoms with Crippen LogP contribution in [0, 0.1) is 45.3 Å². The van der Waals surface area contributed by atoms with E-state index in [1.54, 1.807) is 13.8 Å². The van der Waals surface area contributed by atoms with Gasteiger partial charge in [0, 0.05) is 23.7 Å². The molecule has 5 aliphatic rings. The van der Waals surface area contributed by atoms with Crippen molar-refractivity contribution in [1.29, 1.82) is 0 Å². The lowest BCUT2D eigenvalue weighted by molar-refractivity contribution is -0.251. The van der Waals surface area contributed by atoms with Crippen molar-refractivity contribution < 1.29 is 58.6 Å². The van der Waals surface area contributed by atoms with Gasteiger partial charge in [0.2, 0.25) is 5.91 Å². The standard InChI is InChI=1S/C45H73NO12/c1-13-24(2)36(39(52)55-12)46-34(49)22-42(8,54)23-35(50)57-30-21-43(9)29-20-32(48)45(11)27(26-14-17-33(41(6,7)53)58-38(26)51)18-19-44(45,10)28(29)15-16-31(43)40(4,5)37(30)56-25(3)47/h24,26-27,30-33,36-38,48,51,53-54H,13-23H2,1-12H3,(H,46,49)/t24?,26-,27-,30-,31?,32+,33-,36?,37+,38?,42?,43-,44+,45+/m1/s1. The number of carbonyl (C=O) groups is 4. The Morgan fingerprint density at radius 2 is 1.60 bits per heavy atom. The van der Waals surface area contributed by atoms with E-state index in [-0.39, 0.29) is 29.1 Å². The predicted octanol–water partition coefficient (Wildman–Crippen LogP) is 5.28. The minimum atomic E-state index is -1.82. The van der Waals surface area contributed by atoms with Gasteiger partial charge in [0.15, 0.2) is 6.29 Å². The second-order valence-corrected chi connectivity index (χ2v) is 20.7. The second kappa shape index (κ2) is 16.4. The zero-order valence-electron chi connectivity index (χ0n) is 37.1. The van der Waals surface area contributed by atoms with Crippen molar-refractivity contribution in [3.8, 4) is 0 Å². The van der Waals surface area contributed by atoms with Crippen molar-refractivity contribution in [3.05, 3.63) is 11.1 Å². The van der Waals surface area contributed by atoms with Crippen LogP contribution < -0.4 is 5.32 Å². The summed E-state index contributed by atoms with van der Waals surface area (Å²) in [6, 6.07) is -0.906. The average molecular weight is 820 g/mol. The zero-order valence-corrected chi connectivity index (χ0v) is 37.1. The fraction of sp³-hybridized carbons (Fsp3) is 0.867. The molecule has 5 N–H and O–H groups in total. The minimum Gasteiger partial charge on any atom is -0.467 e. The lowest BCUT2D eigenvalue weighted by Crippen LogP contribution is -2.63. The third kappa shape index (κ3) is 8.25. The van der Waals surface area contributed by atoms with Crippen LogP contribution in [0.3, 0.4) is 0 Å². The number of hydrogen-bond acceptors (Lipinski definition) is 12. The summed E-state index contributed by atoms with van der Waals surface area (Å²) >= 11 is 0. The summed E-state index contributed by atoms with van der Waals surface area (Å²) in [7, 11) is 1.24. The lowest BCUT2D eigenvalue weighted by Gasteiger charge is -2.64. The first-order valence-electron chi connectivity index (χ1n) is 21.6. The van der Waals surface area contributed by atoms with Gasteiger partial charge in [-0.15, -0.1) is 0 Å². The van der Waals surface area contributed by atoms with Gasteiger partial charge < -0.3 is 44.7 Å². The quantitative estimate of drug-likeness (QED) is 0.0972. The SMILES string of the molecule is CCC(C)C(NC(=O)CC(C)(O)CC(=O)O[C@@H]1C[C@]2(C)C3=C(CCC2C(C)(C)[C@H]1OC(C)=O)[C@]1(C)CC[C@H]([C@H]2CC[C@H](C(C)(C)O)OC2O)[C@@]1(C)[C@@H](O)C3)C(=O)OC. The van der Waals surface area contributed by atoms with Crippen molar-refractivity contribution in [2.45, 2.75) is 195 Å². The summed E-state index contributed by atoms with van der Waals surface area (Å²) < 4.78 is 23.1. The number of nitrogens with one attached hydrogen (secondary N) is 1. The molecule has 0 aromatic rings. The molecule has 2 saturated carbocycles. The molecular weight excluding hydrogens is 746 g/mol. The van der Waals surface area contributed by atoms with E-state index in [0.29, 0.717) is 32.1 Å². The maximum atomic E-state index is 13.8. The Labute approximate surface area is 345 Å². The van der Waals surface area contributed by atoms with Crippen LogP contribution in [0.5, 0.6) is 0 Å². The molecule has 0 aromatic heterocycles. The molecule has 58 heavy (non-hydrogen) atoms. The number of ether oxygens (including phenoxy) is 4. The molecule has 5 rings (SSSR count). The van der Waals surface area contributed by atoms with Gasteiger partial charge in [0.1, 0.15) is 18.2 Å². The molecule has 1 heterocycles. The maximum Gasteiger partial charge on any atom is 0.328 e. The molecule has 0 aromatic carbocycles. The summed E-state index contributed by atoms with van der Waals surface area (Å²) in [6.07, 6.45) is 1.03. The van der Waals surface area contributed by atoms with Crippen molar-refractivity contribution >= 4 is 23.8 Å². The number of amides is 1. The van der Waals surface area contributed by atoms with Crippen molar-refractivity contribution in [1.82, 2.24) is 5.32 Å². The van der Waals surface area contributed by atoms with E-state index in [1.165, 1.54) is 32.1 Å². The molecule has 4 aliphatic carbocycles. The highest BCUT2D eigenvalue weighted by molar-refractivity contribution is 5.85. The van der Waals surface area contributed by atoms with Gasteiger partial charge >= 0.3 is 17.9 Å². The number of aliphatic hydroxyl groups is 4. The van der Waals surface area contributed by atoms with Gasteiger partial charge in [-0.2, -0.15) is 0 Å². The molecule has 1 amide bonds. The zero-order chi connectivity index (χ0) is 43.6. The van der Waals surface area contributed by atoms with Crippen molar-refractivity contribution in [3.63, 3.8) is 0 Å². The third-order valence-corrected chi connectivity index (χ3v) is 16.1. The molecule has 13 heteroatoms. The molecule has 0 radical (unpaired) electrons. The smallest absolute Gasteiger partial charge is 0.328 e. The monoisotopic (exact) mass is 820 g/mol. The minimum absolute atomic E-state index is 0.00838. The average Bonchev–Trinajstić information content (AvgIpc) is 3.39. The van der Waals surface area contributed by atoms with Crippen molar-refractivity contribution in [2.24, 2.45) is 45.3 Å². The van der Waals surface area contributed by atoms with E-state index in [2.05, 4.69) is 26.1 Å². The molecular formula is C45H73NO12. The Bertz CT molecular complexity index is 1620. The van der Waals surface area contributed by atoms with Crippen LogP contribution in [-0.2, 0) is 38.1 Å². The van der Waals surface area contributed by atoms with E-state index >= 15 is 0 Å². The molecule has 13 nitrogen and oxygen atoms in total. The Balaban J connectivity index is 1.41. The molecule has 1 saturated heterocycles. The van der Waals surface area contributed by atoms with Gasteiger partial charge in [0.25, 0.3) is 0 Å². The summed E-state index contributed by atoms with van der Waals surface area (Å²) in [5.74, 6) is -2.86. The third-order valence-electron chi connectivity index (χ3n) is 16.1. The molecule has 0 bridgehead atoms. The molecule has 3 fully saturated rings. The van der Waals surface area contributed by atoms with E-state index in [9.17, 15) is 39.6 Å². The molecule has 330 valence electrons. The van der Waals surface area contributed by atoms with Crippen LogP contribution in [0.2, 0.25) is 0 Å². The van der Waals surface area contributed by atoms with Gasteiger partial charge in [-0.1, -0.05) is 66.0 Å². The van der Waals surface area contributed by atoms with Gasteiger partial charge in [-0.25, -0.2) is 4.79 Å². The van der Waals surface area contributed by atoms with E-state index in [0.717, 1.165) is 25.7 Å². The summed E-state index contributed by atoms with van der Waals surface area (Å²) in [6.45, 7) is 20.5. The highest BCUT2D eigenvalue weighted by atomic mass is 16.6. The summed E-state index contributed by atoms with van der Waals surface area (Å²) in [5.41, 5.74) is -2.54. The molecule has 0 spiro atoms. The van der Waals surface area contributed by atoms with Crippen LogP contribution in [-0.4, -0.2) is 99.3 Å². The van der Waals surface area contributed by atoms with E-state index < -0.39 is 101 Å². The largest absolute Gasteiger partial charge is 0.467 e. The number of aliphatic hydroxyl groups excluding tert-OH is 2. The maximum absolute atomic E-state index is 13.8. The number of fused-ring (bicyclic) bond motifs is 4. The number of esters is 3. The van der Waals surface area contributed by atoms with E-state index in [4.69, 9.17) is 18.9 Å². The van der Waals surface area contributed by atoms with Crippen LogP contribution in [0.1, 0.15) is 147 Å². The number of carbonyl (C=O) groups excluding carboxylic acids is 4. The fourth-order valence-corrected chi connectivity index (χ4v) is 12.7. The Morgan fingerprint density at radius 1 is 0.948 bits per heavy atom. The highest BCUT2D eigenvalue weighted by Crippen LogP contribution is 2.73. The van der Waals surface area contributed by atoms with Crippen LogP contribution in [0.4, 0.5) is 0 Å². The number of hydrogen-bond donors (Lipinski definition) is 5. The van der Waals surface area contributed by atoms with Crippen molar-refractivity contribution in [2.75, 3.05) is 7.11 Å². The molecule has 1 aliphatic heterocycles. The first-order chi connectivity index (χ1) is 26.7. The highest BCUT2D eigenvalue weighted by Gasteiger charge is 2.69. The molecule has 5 unspecified atom stereocenters. The normalized spacial score (nSPS) is 39.2. The van der Waals surface area contributed by atoms with Crippen LogP contribution >= 0.6 is 0 Å². The number of methoxy groups -OCH3 is 1. The molecule has 14 atom stereocenters. The van der Waals surface area contributed by atoms with Crippen LogP contribution in [0.25, 0.3) is 0 Å². The first-order valence-corrected chi connectivity index (χ1v) is 21.6. The number of allylic oxidation sites excluding steroid dienone is 1.